The zero-order valence-corrected chi connectivity index (χ0v) is 24.4. The molecular weight excluding hydrogens is 552 g/mol. The van der Waals surface area contributed by atoms with Gasteiger partial charge in [0.1, 0.15) is 6.10 Å². The maximum absolute atomic E-state index is 5.63. The van der Waals surface area contributed by atoms with Gasteiger partial charge in [0, 0.05) is 19.8 Å². The first kappa shape index (κ1) is 104. The van der Waals surface area contributed by atoms with E-state index in [2.05, 4.69) is 76.2 Å². The van der Waals surface area contributed by atoms with E-state index in [0.29, 0.717) is 24.0 Å². The second-order valence-electron chi connectivity index (χ2n) is 9.43. The summed E-state index contributed by atoms with van der Waals surface area (Å²) in [5.74, 6) is 0. The summed E-state index contributed by atoms with van der Waals surface area (Å²) in [5, 5.41) is 0. The molecule has 0 rings (SSSR count). The summed E-state index contributed by atoms with van der Waals surface area (Å²) >= 11 is 0. The fourth-order valence-electron chi connectivity index (χ4n) is 3.40. The fraction of sp³-hybridized carbons (Fsp3) is 1.00. The van der Waals surface area contributed by atoms with E-state index in [-0.39, 0.29) is 103 Å². The fourth-order valence-corrected chi connectivity index (χ4v) is 3.40. The summed E-state index contributed by atoms with van der Waals surface area (Å²) in [5.41, 5.74) is 1.29. The van der Waals surface area contributed by atoms with Gasteiger partial charge in [0.2, 0.25) is 0 Å². The second-order valence-corrected chi connectivity index (χ2v) is 9.43. The van der Waals surface area contributed by atoms with Gasteiger partial charge in [0.25, 0.3) is 0 Å². The maximum atomic E-state index is 5.63. The van der Waals surface area contributed by atoms with Gasteiger partial charge in [-0.05, 0) is 30.1 Å². The Balaban J connectivity index is -0.0000000182. The van der Waals surface area contributed by atoms with E-state index in [9.17, 15) is 0 Å². The standard InChI is InChI=1S/C12H26O3.C9H20.C8H18.13CH4/c1-4-7-13-10-12(15-9-6-3)11-14-8-5-2;1-5-9(6-2,7-3)8-4;1-5-8(4,6-2)7-3;;;;;;;;;;;;;/h12H,4-11H2,1-3H3;5-8H2,1-4H3;5-7H2,1-4H3;13*1H4. The molecule has 0 aliphatic carbocycles. The van der Waals surface area contributed by atoms with Crippen LogP contribution in [0.25, 0.3) is 0 Å². The van der Waals surface area contributed by atoms with Crippen LogP contribution in [0.1, 0.15) is 237 Å². The summed E-state index contributed by atoms with van der Waals surface area (Å²) < 4.78 is 16.6. The lowest BCUT2D eigenvalue weighted by Crippen LogP contribution is -2.26. The van der Waals surface area contributed by atoms with Gasteiger partial charge < -0.3 is 14.2 Å². The van der Waals surface area contributed by atoms with Crippen LogP contribution in [0.4, 0.5) is 0 Å². The molecule has 0 amide bonds. The van der Waals surface area contributed by atoms with Gasteiger partial charge in [-0.2, -0.15) is 0 Å². The van der Waals surface area contributed by atoms with Crippen molar-refractivity contribution in [2.75, 3.05) is 33.0 Å². The molecule has 0 aliphatic rings. The van der Waals surface area contributed by atoms with Gasteiger partial charge in [0.05, 0.1) is 13.2 Å². The first-order valence-electron chi connectivity index (χ1n) is 14.0. The summed E-state index contributed by atoms with van der Waals surface area (Å²) in [4.78, 5) is 0. The third kappa shape index (κ3) is 63.3. The molecular formula is C42H116O3. The van der Waals surface area contributed by atoms with Crippen molar-refractivity contribution in [3.63, 3.8) is 0 Å². The predicted octanol–water partition coefficient (Wildman–Crippen LogP) is 17.7. The minimum Gasteiger partial charge on any atom is -0.379 e. The molecule has 0 heterocycles. The van der Waals surface area contributed by atoms with Crippen molar-refractivity contribution >= 4 is 0 Å². The second kappa shape index (κ2) is 74.6. The van der Waals surface area contributed by atoms with Gasteiger partial charge >= 0.3 is 0 Å². The molecule has 3 nitrogen and oxygen atoms in total. The predicted molar refractivity (Wildman–Crippen MR) is 232 cm³/mol. The van der Waals surface area contributed by atoms with E-state index in [0.717, 1.165) is 39.1 Å². The topological polar surface area (TPSA) is 27.7 Å². The molecule has 302 valence electrons. The van der Waals surface area contributed by atoms with Crippen LogP contribution in [0.2, 0.25) is 0 Å². The van der Waals surface area contributed by atoms with Crippen molar-refractivity contribution in [3.05, 3.63) is 0 Å². The van der Waals surface area contributed by atoms with Gasteiger partial charge in [-0.25, -0.2) is 0 Å². The number of rotatable bonds is 18. The van der Waals surface area contributed by atoms with Gasteiger partial charge in [-0.15, -0.1) is 0 Å². The molecule has 0 unspecified atom stereocenters. The van der Waals surface area contributed by atoms with Crippen LogP contribution in [0.5, 0.6) is 0 Å². The zero-order valence-electron chi connectivity index (χ0n) is 24.4. The highest BCUT2D eigenvalue weighted by Crippen LogP contribution is 2.33. The number of hydrogen-bond acceptors (Lipinski definition) is 3. The first-order chi connectivity index (χ1) is 15.3. The van der Waals surface area contributed by atoms with E-state index < -0.39 is 0 Å². The molecule has 0 bridgehead atoms. The molecule has 0 saturated heterocycles. The van der Waals surface area contributed by atoms with Gasteiger partial charge in [-0.1, -0.05) is 218 Å². The van der Waals surface area contributed by atoms with Crippen LogP contribution in [0, 0.1) is 10.8 Å². The van der Waals surface area contributed by atoms with Crippen LogP contribution in [0.15, 0.2) is 0 Å². The number of hydrogen-bond donors (Lipinski definition) is 0. The van der Waals surface area contributed by atoms with E-state index in [4.69, 9.17) is 14.2 Å². The molecule has 0 fully saturated rings. The van der Waals surface area contributed by atoms with Crippen LogP contribution in [-0.4, -0.2) is 39.1 Å². The maximum Gasteiger partial charge on any atom is 0.104 e. The first-order valence-corrected chi connectivity index (χ1v) is 14.0. The van der Waals surface area contributed by atoms with E-state index >= 15 is 0 Å². The lowest BCUT2D eigenvalue weighted by molar-refractivity contribution is -0.0595. The Morgan fingerprint density at radius 3 is 0.756 bits per heavy atom. The SMILES string of the molecule is C.C.C.C.C.C.C.C.C.C.C.C.C.CCC(C)(CC)CC.CCC(CC)(CC)CC.CCCOCC(COCCC)OCCC. The summed E-state index contributed by atoms with van der Waals surface area (Å²) in [6.07, 6.45) is 12.6. The van der Waals surface area contributed by atoms with Crippen molar-refractivity contribution in [2.45, 2.75) is 243 Å². The highest BCUT2D eigenvalue weighted by atomic mass is 16.6. The quantitative estimate of drug-likeness (QED) is 0.136. The smallest absolute Gasteiger partial charge is 0.104 e. The van der Waals surface area contributed by atoms with E-state index in [1.807, 2.05) is 0 Å². The molecule has 0 atom stereocenters. The largest absolute Gasteiger partial charge is 0.379 e. The van der Waals surface area contributed by atoms with Crippen molar-refractivity contribution in [1.82, 2.24) is 0 Å². The average Bonchev–Trinajstić information content (AvgIpc) is 2.84. The van der Waals surface area contributed by atoms with E-state index in [1.54, 1.807) is 0 Å². The molecule has 0 radical (unpaired) electrons. The number of ether oxygens (including phenoxy) is 3. The Morgan fingerprint density at radius 1 is 0.378 bits per heavy atom. The normalized spacial score (nSPS) is 8.27. The molecule has 0 saturated carbocycles. The minimum absolute atomic E-state index is 0. The summed E-state index contributed by atoms with van der Waals surface area (Å²) in [7, 11) is 0. The van der Waals surface area contributed by atoms with Crippen molar-refractivity contribution in [3.8, 4) is 0 Å². The zero-order chi connectivity index (χ0) is 25.3. The molecule has 0 N–H and O–H groups in total. The molecule has 45 heavy (non-hydrogen) atoms. The Labute approximate surface area is 300 Å². The minimum atomic E-state index is 0. The van der Waals surface area contributed by atoms with Gasteiger partial charge in [0.15, 0.2) is 0 Å². The van der Waals surface area contributed by atoms with Crippen LogP contribution in [-0.2, 0) is 14.2 Å². The molecule has 0 aliphatic heterocycles. The third-order valence-corrected chi connectivity index (χ3v) is 7.42. The van der Waals surface area contributed by atoms with Crippen molar-refractivity contribution in [1.29, 1.82) is 0 Å². The lowest BCUT2D eigenvalue weighted by Gasteiger charge is -2.28. The molecule has 0 aromatic carbocycles. The third-order valence-electron chi connectivity index (χ3n) is 7.42. The molecule has 3 heteroatoms. The lowest BCUT2D eigenvalue weighted by atomic mass is 9.78. The molecule has 0 spiro atoms. The Hall–Kier alpha value is -0.120. The highest BCUT2D eigenvalue weighted by molar-refractivity contribution is 4.72. The van der Waals surface area contributed by atoms with Crippen LogP contribution < -0.4 is 0 Å². The van der Waals surface area contributed by atoms with Crippen molar-refractivity contribution in [2.24, 2.45) is 10.8 Å². The Kier molecular flexibility index (Phi) is 172. The monoisotopic (exact) mass is 669 g/mol. The molecule has 0 aromatic heterocycles. The Morgan fingerprint density at radius 2 is 0.622 bits per heavy atom. The molecule has 0 aromatic rings. The van der Waals surface area contributed by atoms with Crippen LogP contribution >= 0.6 is 0 Å². The summed E-state index contributed by atoms with van der Waals surface area (Å²) in [6, 6.07) is 0. The highest BCUT2D eigenvalue weighted by Gasteiger charge is 2.20. The van der Waals surface area contributed by atoms with Crippen molar-refractivity contribution < 1.29 is 14.2 Å². The van der Waals surface area contributed by atoms with Crippen LogP contribution in [0.3, 0.4) is 0 Å². The summed E-state index contributed by atoms with van der Waals surface area (Å²) in [6.45, 7) is 28.4. The van der Waals surface area contributed by atoms with Gasteiger partial charge in [-0.3, -0.25) is 0 Å². The Bertz CT molecular complexity index is 301. The average molecular weight is 669 g/mol. The van der Waals surface area contributed by atoms with E-state index in [1.165, 1.54) is 44.9 Å².